The van der Waals surface area contributed by atoms with Crippen LogP contribution in [0.4, 0.5) is 4.39 Å². The minimum Gasteiger partial charge on any atom is -0.493 e. The van der Waals surface area contributed by atoms with E-state index in [1.165, 1.54) is 12.1 Å². The van der Waals surface area contributed by atoms with E-state index in [2.05, 4.69) is 33.0 Å². The Bertz CT molecular complexity index is 1390. The largest absolute Gasteiger partial charge is 0.493 e. The summed E-state index contributed by atoms with van der Waals surface area (Å²) in [5.74, 6) is 0.500. The SMILES string of the molecule is COc1cc(C(=O)CCC(C)(O)c2cc(C(C)(C)NC(C)C)cc(-c3ccc(F)c(Cl)c3)n2)ccc1OC1CC1. The maximum Gasteiger partial charge on any atom is 0.163 e. The molecule has 0 amide bonds. The number of aliphatic hydroxyl groups is 1. The standard InChI is InChI=1S/C32H38ClFN2O4/c1-19(2)36-31(3,4)22-17-26(20-7-11-25(34)24(33)15-20)35-30(18-22)32(5,38)14-13-27(37)21-8-12-28(29(16-21)39-6)40-23-9-10-23/h7-8,11-12,15-19,23,36,38H,9-10,13-14H2,1-6H3. The first-order chi connectivity index (χ1) is 18.8. The maximum absolute atomic E-state index is 13.9. The van der Waals surface area contributed by atoms with Gasteiger partial charge in [-0.2, -0.15) is 0 Å². The van der Waals surface area contributed by atoms with Crippen molar-refractivity contribution in [3.8, 4) is 22.8 Å². The number of methoxy groups -OCH3 is 1. The molecule has 1 aliphatic rings. The molecule has 8 heteroatoms. The summed E-state index contributed by atoms with van der Waals surface area (Å²) in [7, 11) is 1.55. The topological polar surface area (TPSA) is 80.7 Å². The molecule has 1 unspecified atom stereocenters. The first-order valence-electron chi connectivity index (χ1n) is 13.7. The van der Waals surface area contributed by atoms with Crippen molar-refractivity contribution in [1.29, 1.82) is 0 Å². The van der Waals surface area contributed by atoms with Gasteiger partial charge in [-0.25, -0.2) is 9.37 Å². The zero-order chi connectivity index (χ0) is 29.2. The predicted molar refractivity (Wildman–Crippen MR) is 156 cm³/mol. The first kappa shape index (κ1) is 30.0. The minimum absolute atomic E-state index is 0.00727. The van der Waals surface area contributed by atoms with Gasteiger partial charge in [-0.3, -0.25) is 4.79 Å². The van der Waals surface area contributed by atoms with Gasteiger partial charge in [0.25, 0.3) is 0 Å². The Morgan fingerprint density at radius 2 is 1.85 bits per heavy atom. The van der Waals surface area contributed by atoms with Crippen LogP contribution in [0.2, 0.25) is 5.02 Å². The molecule has 2 aromatic carbocycles. The van der Waals surface area contributed by atoms with Gasteiger partial charge in [-0.15, -0.1) is 0 Å². The van der Waals surface area contributed by atoms with Crippen LogP contribution in [0.5, 0.6) is 11.5 Å². The van der Waals surface area contributed by atoms with Gasteiger partial charge in [-0.05, 0) is 94.1 Å². The van der Waals surface area contributed by atoms with Crippen molar-refractivity contribution in [2.45, 2.75) is 83.6 Å². The van der Waals surface area contributed by atoms with Crippen LogP contribution in [-0.2, 0) is 11.1 Å². The number of benzene rings is 2. The average molecular weight is 569 g/mol. The number of pyridine rings is 1. The molecule has 1 fully saturated rings. The molecule has 0 spiro atoms. The van der Waals surface area contributed by atoms with Crippen LogP contribution in [0.25, 0.3) is 11.3 Å². The number of carbonyl (C=O) groups excluding carboxylic acids is 1. The van der Waals surface area contributed by atoms with E-state index in [9.17, 15) is 14.3 Å². The highest BCUT2D eigenvalue weighted by Gasteiger charge is 2.31. The predicted octanol–water partition coefficient (Wildman–Crippen LogP) is 7.19. The van der Waals surface area contributed by atoms with Crippen LogP contribution < -0.4 is 14.8 Å². The third-order valence-corrected chi connectivity index (χ3v) is 7.40. The lowest BCUT2D eigenvalue weighted by Gasteiger charge is -2.32. The van der Waals surface area contributed by atoms with Crippen LogP contribution in [0, 0.1) is 5.82 Å². The number of rotatable bonds is 12. The van der Waals surface area contributed by atoms with Gasteiger partial charge in [0.1, 0.15) is 11.4 Å². The highest BCUT2D eigenvalue weighted by Crippen LogP contribution is 2.36. The van der Waals surface area contributed by atoms with Gasteiger partial charge in [0, 0.05) is 29.1 Å². The summed E-state index contributed by atoms with van der Waals surface area (Å²) in [6, 6.07) is 13.6. The molecule has 0 bridgehead atoms. The molecule has 2 N–H and O–H groups in total. The zero-order valence-electron chi connectivity index (χ0n) is 24.0. The second kappa shape index (κ2) is 11.9. The smallest absolute Gasteiger partial charge is 0.163 e. The number of hydrogen-bond acceptors (Lipinski definition) is 6. The van der Waals surface area contributed by atoms with Crippen LogP contribution in [0.1, 0.15) is 81.9 Å². The number of aromatic nitrogens is 1. The van der Waals surface area contributed by atoms with E-state index < -0.39 is 17.0 Å². The van der Waals surface area contributed by atoms with E-state index in [1.54, 1.807) is 38.3 Å². The van der Waals surface area contributed by atoms with E-state index in [-0.39, 0.29) is 35.8 Å². The molecule has 4 rings (SSSR count). The summed E-state index contributed by atoms with van der Waals surface area (Å²) in [4.78, 5) is 17.9. The van der Waals surface area contributed by atoms with Crippen molar-refractivity contribution in [3.63, 3.8) is 0 Å². The quantitative estimate of drug-likeness (QED) is 0.225. The van der Waals surface area contributed by atoms with Gasteiger partial charge in [0.2, 0.25) is 0 Å². The number of Topliss-reactive ketones (excluding diaryl/α,β-unsaturated/α-hetero) is 1. The van der Waals surface area contributed by atoms with Gasteiger partial charge in [-0.1, -0.05) is 25.4 Å². The fraction of sp³-hybridized carbons (Fsp3) is 0.438. The van der Waals surface area contributed by atoms with Gasteiger partial charge >= 0.3 is 0 Å². The fourth-order valence-corrected chi connectivity index (χ4v) is 4.89. The molecular weight excluding hydrogens is 531 g/mol. The Morgan fingerprint density at radius 3 is 2.48 bits per heavy atom. The summed E-state index contributed by atoms with van der Waals surface area (Å²) in [5, 5.41) is 15.1. The molecule has 40 heavy (non-hydrogen) atoms. The van der Waals surface area contributed by atoms with Crippen molar-refractivity contribution >= 4 is 17.4 Å². The van der Waals surface area contributed by atoms with Crippen LogP contribution in [-0.4, -0.2) is 35.1 Å². The number of hydrogen-bond donors (Lipinski definition) is 2. The van der Waals surface area contributed by atoms with E-state index in [0.29, 0.717) is 34.0 Å². The summed E-state index contributed by atoms with van der Waals surface area (Å²) >= 11 is 6.08. The van der Waals surface area contributed by atoms with Crippen molar-refractivity contribution in [2.24, 2.45) is 0 Å². The van der Waals surface area contributed by atoms with E-state index in [4.69, 9.17) is 26.1 Å². The number of nitrogens with one attached hydrogen (secondary N) is 1. The second-order valence-electron chi connectivity index (χ2n) is 11.6. The number of ketones is 1. The molecular formula is C32H38ClFN2O4. The normalized spacial score (nSPS) is 15.2. The van der Waals surface area contributed by atoms with Crippen molar-refractivity contribution < 1.29 is 23.8 Å². The third kappa shape index (κ3) is 7.19. The molecule has 214 valence electrons. The minimum atomic E-state index is -1.42. The fourth-order valence-electron chi connectivity index (χ4n) is 4.71. The highest BCUT2D eigenvalue weighted by molar-refractivity contribution is 6.31. The number of halogens is 2. The monoisotopic (exact) mass is 568 g/mol. The average Bonchev–Trinajstić information content (AvgIpc) is 3.72. The maximum atomic E-state index is 13.9. The number of nitrogens with zero attached hydrogens (tertiary/aromatic N) is 1. The molecule has 1 heterocycles. The molecule has 0 aliphatic heterocycles. The summed E-state index contributed by atoms with van der Waals surface area (Å²) in [6.45, 7) is 9.88. The van der Waals surface area contributed by atoms with Crippen molar-refractivity contribution in [2.75, 3.05) is 7.11 Å². The Labute approximate surface area is 240 Å². The van der Waals surface area contributed by atoms with Gasteiger partial charge in [0.05, 0.1) is 29.6 Å². The van der Waals surface area contributed by atoms with Gasteiger partial charge < -0.3 is 19.9 Å². The summed E-state index contributed by atoms with van der Waals surface area (Å²) in [6.07, 6.45) is 2.50. The van der Waals surface area contributed by atoms with Crippen molar-refractivity contribution in [3.05, 3.63) is 76.2 Å². The third-order valence-electron chi connectivity index (χ3n) is 7.11. The molecule has 6 nitrogen and oxygen atoms in total. The summed E-state index contributed by atoms with van der Waals surface area (Å²) in [5.41, 5.74) is 1.09. The Hall–Kier alpha value is -3.00. The Balaban J connectivity index is 1.61. The molecule has 1 saturated carbocycles. The molecule has 0 radical (unpaired) electrons. The molecule has 0 saturated heterocycles. The van der Waals surface area contributed by atoms with Crippen LogP contribution >= 0.6 is 11.6 Å². The molecule has 1 atom stereocenters. The molecule has 3 aromatic rings. The second-order valence-corrected chi connectivity index (χ2v) is 12.0. The lowest BCUT2D eigenvalue weighted by atomic mass is 9.87. The lowest BCUT2D eigenvalue weighted by molar-refractivity contribution is 0.0396. The van der Waals surface area contributed by atoms with E-state index >= 15 is 0 Å². The van der Waals surface area contributed by atoms with Gasteiger partial charge in [0.15, 0.2) is 17.3 Å². The number of ether oxygens (including phenoxy) is 2. The van der Waals surface area contributed by atoms with E-state index in [1.807, 2.05) is 12.1 Å². The zero-order valence-corrected chi connectivity index (χ0v) is 24.7. The lowest BCUT2D eigenvalue weighted by Crippen LogP contribution is -2.41. The Kier molecular flexibility index (Phi) is 8.88. The molecule has 1 aromatic heterocycles. The highest BCUT2D eigenvalue weighted by atomic mass is 35.5. The first-order valence-corrected chi connectivity index (χ1v) is 14.0. The van der Waals surface area contributed by atoms with E-state index in [0.717, 1.165) is 18.4 Å². The summed E-state index contributed by atoms with van der Waals surface area (Å²) < 4.78 is 25.2. The van der Waals surface area contributed by atoms with Crippen LogP contribution in [0.15, 0.2) is 48.5 Å². The van der Waals surface area contributed by atoms with Crippen LogP contribution in [0.3, 0.4) is 0 Å². The molecule has 1 aliphatic carbocycles. The Morgan fingerprint density at radius 1 is 1.12 bits per heavy atom. The number of carbonyl (C=O) groups is 1. The van der Waals surface area contributed by atoms with Crippen molar-refractivity contribution in [1.82, 2.24) is 10.3 Å².